The summed E-state index contributed by atoms with van der Waals surface area (Å²) in [6.07, 6.45) is 3.66. The van der Waals surface area contributed by atoms with Crippen LogP contribution in [-0.2, 0) is 11.8 Å². The van der Waals surface area contributed by atoms with Crippen LogP contribution in [0.25, 0.3) is 0 Å². The van der Waals surface area contributed by atoms with Crippen LogP contribution >= 0.6 is 35.1 Å². The Labute approximate surface area is 166 Å². The van der Waals surface area contributed by atoms with Crippen LogP contribution in [0.1, 0.15) is 6.92 Å². The second-order valence-corrected chi connectivity index (χ2v) is 8.48. The van der Waals surface area contributed by atoms with E-state index in [0.29, 0.717) is 5.02 Å². The van der Waals surface area contributed by atoms with E-state index in [0.717, 1.165) is 20.6 Å². The van der Waals surface area contributed by atoms with Crippen molar-refractivity contribution in [1.82, 2.24) is 9.55 Å². The molecule has 1 unspecified atom stereocenters. The van der Waals surface area contributed by atoms with Gasteiger partial charge in [0.05, 0.1) is 10.9 Å². The lowest BCUT2D eigenvalue weighted by atomic mass is 10.3. The van der Waals surface area contributed by atoms with Gasteiger partial charge in [-0.15, -0.1) is 11.8 Å². The number of rotatable bonds is 6. The van der Waals surface area contributed by atoms with Gasteiger partial charge in [0, 0.05) is 34.3 Å². The quantitative estimate of drug-likeness (QED) is 0.564. The second kappa shape index (κ2) is 8.66. The molecule has 0 spiro atoms. The van der Waals surface area contributed by atoms with Crippen LogP contribution in [0.4, 0.5) is 5.69 Å². The first-order chi connectivity index (χ1) is 12.5. The molecule has 3 aromatic rings. The van der Waals surface area contributed by atoms with Crippen LogP contribution in [0.2, 0.25) is 5.02 Å². The molecule has 0 fully saturated rings. The fourth-order valence-corrected chi connectivity index (χ4v) is 4.10. The van der Waals surface area contributed by atoms with Gasteiger partial charge in [-0.05, 0) is 55.1 Å². The van der Waals surface area contributed by atoms with Gasteiger partial charge in [0.25, 0.3) is 0 Å². The highest BCUT2D eigenvalue weighted by molar-refractivity contribution is 8.00. The Morgan fingerprint density at radius 3 is 2.62 bits per heavy atom. The molecule has 0 bridgehead atoms. The zero-order chi connectivity index (χ0) is 18.5. The van der Waals surface area contributed by atoms with Gasteiger partial charge in [-0.2, -0.15) is 0 Å². The van der Waals surface area contributed by atoms with Crippen molar-refractivity contribution >= 4 is 46.7 Å². The van der Waals surface area contributed by atoms with Crippen LogP contribution in [0.15, 0.2) is 75.9 Å². The largest absolute Gasteiger partial charge is 0.329 e. The van der Waals surface area contributed by atoms with Crippen molar-refractivity contribution in [3.05, 3.63) is 65.9 Å². The molecule has 7 heteroatoms. The minimum absolute atomic E-state index is 0.0437. The summed E-state index contributed by atoms with van der Waals surface area (Å²) in [5.74, 6) is -0.0437. The number of thioether (sulfide) groups is 1. The summed E-state index contributed by atoms with van der Waals surface area (Å²) in [4.78, 5) is 18.9. The van der Waals surface area contributed by atoms with E-state index >= 15 is 0 Å². The molecule has 3 rings (SSSR count). The van der Waals surface area contributed by atoms with Crippen LogP contribution < -0.4 is 5.32 Å². The Kier molecular flexibility index (Phi) is 6.29. The highest BCUT2D eigenvalue weighted by atomic mass is 35.5. The molecule has 0 saturated carbocycles. The van der Waals surface area contributed by atoms with E-state index in [-0.39, 0.29) is 11.2 Å². The number of amides is 1. The summed E-state index contributed by atoms with van der Waals surface area (Å²) in [5, 5.41) is 4.35. The number of halogens is 1. The van der Waals surface area contributed by atoms with E-state index < -0.39 is 0 Å². The van der Waals surface area contributed by atoms with Crippen molar-refractivity contribution in [1.29, 1.82) is 0 Å². The van der Waals surface area contributed by atoms with Gasteiger partial charge in [-0.1, -0.05) is 23.7 Å². The number of hydrogen-bond donors (Lipinski definition) is 1. The zero-order valence-electron chi connectivity index (χ0n) is 14.3. The number of carbonyl (C=O) groups is 1. The Morgan fingerprint density at radius 2 is 1.92 bits per heavy atom. The van der Waals surface area contributed by atoms with Crippen molar-refractivity contribution in [3.63, 3.8) is 0 Å². The number of benzene rings is 2. The van der Waals surface area contributed by atoms with Gasteiger partial charge in [0.15, 0.2) is 5.16 Å². The summed E-state index contributed by atoms with van der Waals surface area (Å²) >= 11 is 8.93. The van der Waals surface area contributed by atoms with Gasteiger partial charge >= 0.3 is 0 Å². The fourth-order valence-electron chi connectivity index (χ4n) is 2.21. The molecule has 1 amide bonds. The summed E-state index contributed by atoms with van der Waals surface area (Å²) in [7, 11) is 1.95. The molecule has 1 aromatic heterocycles. The average molecular weight is 404 g/mol. The molecule has 26 heavy (non-hydrogen) atoms. The Bertz CT molecular complexity index is 896. The highest BCUT2D eigenvalue weighted by Gasteiger charge is 2.16. The first kappa shape index (κ1) is 18.9. The zero-order valence-corrected chi connectivity index (χ0v) is 16.7. The minimum Gasteiger partial charge on any atom is -0.329 e. The van der Waals surface area contributed by atoms with Crippen molar-refractivity contribution in [2.75, 3.05) is 5.32 Å². The molecular formula is C19H18ClN3OS2. The van der Waals surface area contributed by atoms with Crippen molar-refractivity contribution in [2.24, 2.45) is 7.05 Å². The number of aromatic nitrogens is 2. The average Bonchev–Trinajstić information content (AvgIpc) is 3.03. The maximum Gasteiger partial charge on any atom is 0.237 e. The maximum absolute atomic E-state index is 12.6. The third-order valence-corrected chi connectivity index (χ3v) is 6.13. The summed E-state index contributed by atoms with van der Waals surface area (Å²) in [5.41, 5.74) is 0.786. The van der Waals surface area contributed by atoms with E-state index in [4.69, 9.17) is 11.6 Å². The number of para-hydroxylation sites is 1. The van der Waals surface area contributed by atoms with Crippen LogP contribution in [0, 0.1) is 0 Å². The molecule has 1 heterocycles. The molecule has 0 aliphatic carbocycles. The van der Waals surface area contributed by atoms with Crippen LogP contribution in [0.5, 0.6) is 0 Å². The molecule has 0 aliphatic heterocycles. The third-order valence-electron chi connectivity index (χ3n) is 3.62. The molecule has 1 N–H and O–H groups in total. The van der Waals surface area contributed by atoms with Crippen molar-refractivity contribution in [3.8, 4) is 0 Å². The van der Waals surface area contributed by atoms with Crippen molar-refractivity contribution in [2.45, 2.75) is 27.1 Å². The number of anilines is 1. The van der Waals surface area contributed by atoms with Gasteiger partial charge in [-0.25, -0.2) is 4.98 Å². The monoisotopic (exact) mass is 403 g/mol. The van der Waals surface area contributed by atoms with Crippen LogP contribution in [0.3, 0.4) is 0 Å². The SMILES string of the molecule is CC(Sc1ccc(Cl)cc1)C(=O)Nc1ccccc1Sc1nccn1C. The number of nitrogens with one attached hydrogen (secondary N) is 1. The van der Waals surface area contributed by atoms with E-state index in [1.54, 1.807) is 6.20 Å². The minimum atomic E-state index is -0.234. The van der Waals surface area contributed by atoms with Gasteiger partial charge in [-0.3, -0.25) is 4.79 Å². The number of carbonyl (C=O) groups excluding carboxylic acids is 1. The van der Waals surface area contributed by atoms with E-state index in [1.807, 2.05) is 73.3 Å². The predicted molar refractivity (Wildman–Crippen MR) is 109 cm³/mol. The normalized spacial score (nSPS) is 12.0. The molecule has 0 radical (unpaired) electrons. The first-order valence-electron chi connectivity index (χ1n) is 8.00. The summed E-state index contributed by atoms with van der Waals surface area (Å²) in [6, 6.07) is 15.2. The molecule has 4 nitrogen and oxygen atoms in total. The topological polar surface area (TPSA) is 46.9 Å². The maximum atomic E-state index is 12.6. The molecule has 1 atom stereocenters. The van der Waals surface area contributed by atoms with E-state index in [2.05, 4.69) is 10.3 Å². The lowest BCUT2D eigenvalue weighted by Gasteiger charge is -2.14. The van der Waals surface area contributed by atoms with Gasteiger partial charge in [0.1, 0.15) is 0 Å². The van der Waals surface area contributed by atoms with E-state index in [1.165, 1.54) is 23.5 Å². The molecule has 134 valence electrons. The van der Waals surface area contributed by atoms with Gasteiger partial charge < -0.3 is 9.88 Å². The third kappa shape index (κ3) is 4.84. The molecule has 2 aromatic carbocycles. The number of imidazole rings is 1. The van der Waals surface area contributed by atoms with Crippen LogP contribution in [-0.4, -0.2) is 20.7 Å². The van der Waals surface area contributed by atoms with Crippen molar-refractivity contribution < 1.29 is 4.79 Å². The lowest BCUT2D eigenvalue weighted by Crippen LogP contribution is -2.22. The second-order valence-electron chi connectivity index (χ2n) is 5.62. The van der Waals surface area contributed by atoms with E-state index in [9.17, 15) is 4.79 Å². The molecule has 0 aliphatic rings. The fraction of sp³-hybridized carbons (Fsp3) is 0.158. The molecular weight excluding hydrogens is 386 g/mol. The Balaban J connectivity index is 1.69. The summed E-state index contributed by atoms with van der Waals surface area (Å²) in [6.45, 7) is 1.89. The molecule has 0 saturated heterocycles. The highest BCUT2D eigenvalue weighted by Crippen LogP contribution is 2.33. The smallest absolute Gasteiger partial charge is 0.237 e. The Morgan fingerprint density at radius 1 is 1.19 bits per heavy atom. The lowest BCUT2D eigenvalue weighted by molar-refractivity contribution is -0.115. The number of hydrogen-bond acceptors (Lipinski definition) is 4. The predicted octanol–water partition coefficient (Wildman–Crippen LogP) is 5.34. The first-order valence-corrected chi connectivity index (χ1v) is 10.1. The summed E-state index contributed by atoms with van der Waals surface area (Å²) < 4.78 is 1.95. The standard InChI is InChI=1S/C19H18ClN3OS2/c1-13(25-15-9-7-14(20)8-10-15)18(24)22-16-5-3-4-6-17(16)26-19-21-11-12-23(19)2/h3-13H,1-2H3,(H,22,24). The van der Waals surface area contributed by atoms with Gasteiger partial charge in [0.2, 0.25) is 5.91 Å². The number of nitrogens with zero attached hydrogens (tertiary/aromatic N) is 2. The number of aryl methyl sites for hydroxylation is 1. The Hall–Kier alpha value is -1.89.